The van der Waals surface area contributed by atoms with Crippen molar-refractivity contribution in [1.82, 2.24) is 35.6 Å². The highest BCUT2D eigenvalue weighted by atomic mass is 32.1. The number of ketones is 2. The molecule has 8 amide bonds. The van der Waals surface area contributed by atoms with Gasteiger partial charge in [0.15, 0.2) is 11.9 Å². The number of nitrogens with one attached hydrogen (secondary N) is 4. The second-order valence-corrected chi connectivity index (χ2v) is 26.4. The molecule has 2 aromatic carbocycles. The third-order valence-corrected chi connectivity index (χ3v) is 18.7. The number of thiazole rings is 1. The average Bonchev–Trinajstić information content (AvgIpc) is 1.22. The van der Waals surface area contributed by atoms with Gasteiger partial charge in [-0.3, -0.25) is 57.7 Å². The van der Waals surface area contributed by atoms with Crippen LogP contribution in [0, 0.1) is 35.5 Å². The number of carboxylic acids is 1. The van der Waals surface area contributed by atoms with Gasteiger partial charge in [-0.25, -0.2) is 9.78 Å². The zero-order valence-corrected chi connectivity index (χ0v) is 56.1. The van der Waals surface area contributed by atoms with Gasteiger partial charge in [0, 0.05) is 99.4 Å². The summed E-state index contributed by atoms with van der Waals surface area (Å²) in [5.74, 6) is -6.91. The molecule has 504 valence electrons. The molecule has 1 saturated heterocycles. The number of likely N-dealkylation sites (N-methyl/N-ethyl adjacent to an activating group) is 1. The van der Waals surface area contributed by atoms with E-state index in [4.69, 9.17) is 15.5 Å². The number of carboxylic acid groups (broad SMARTS) is 1. The van der Waals surface area contributed by atoms with Gasteiger partial charge in [-0.05, 0) is 112 Å². The lowest BCUT2D eigenvalue weighted by Crippen LogP contribution is -2.50. The Hall–Kier alpha value is -7.66. The first-order valence-electron chi connectivity index (χ1n) is 32.8. The highest BCUT2D eigenvalue weighted by Gasteiger charge is 2.40. The number of rotatable bonds is 40. The monoisotopic (exact) mass is 1290 g/mol. The molecule has 2 aliphatic heterocycles. The van der Waals surface area contributed by atoms with Crippen molar-refractivity contribution in [3.8, 4) is 0 Å². The summed E-state index contributed by atoms with van der Waals surface area (Å²) in [5, 5.41) is 23.0. The molecule has 9 atom stereocenters. The number of ether oxygens (including phenoxy) is 1. The third kappa shape index (κ3) is 23.8. The maximum absolute atomic E-state index is 15.6. The van der Waals surface area contributed by atoms with Gasteiger partial charge in [0.2, 0.25) is 23.6 Å². The van der Waals surface area contributed by atoms with Crippen molar-refractivity contribution in [3.05, 3.63) is 94.0 Å². The molecular formula is C69H99N9O13S. The minimum absolute atomic E-state index is 0.0102. The number of primary amides is 1. The van der Waals surface area contributed by atoms with Crippen molar-refractivity contribution < 1.29 is 62.6 Å². The molecule has 1 aromatic heterocycles. The fourth-order valence-electron chi connectivity index (χ4n) is 11.9. The predicted molar refractivity (Wildman–Crippen MR) is 352 cm³/mol. The van der Waals surface area contributed by atoms with Crippen molar-refractivity contribution in [2.24, 2.45) is 41.2 Å². The lowest BCUT2D eigenvalue weighted by atomic mass is 9.82. The quantitative estimate of drug-likeness (QED) is 0.0229. The number of benzene rings is 2. The Kier molecular flexibility index (Phi) is 30.8. The Morgan fingerprint density at radius 1 is 0.793 bits per heavy atom. The van der Waals surface area contributed by atoms with Gasteiger partial charge < -0.3 is 41.7 Å². The van der Waals surface area contributed by atoms with Crippen LogP contribution in [0.2, 0.25) is 0 Å². The van der Waals surface area contributed by atoms with Crippen molar-refractivity contribution in [2.45, 2.75) is 194 Å². The number of nitrogens with two attached hydrogens (primary N) is 1. The Bertz CT molecular complexity index is 2990. The zero-order valence-electron chi connectivity index (χ0n) is 55.2. The number of nitrogens with zero attached hydrogens (tertiary/aromatic N) is 4. The molecule has 3 heterocycles. The molecule has 5 rings (SSSR count). The van der Waals surface area contributed by atoms with Crippen LogP contribution in [-0.4, -0.2) is 148 Å². The van der Waals surface area contributed by atoms with Gasteiger partial charge in [-0.15, -0.1) is 11.3 Å². The summed E-state index contributed by atoms with van der Waals surface area (Å²) in [6, 6.07) is 14.0. The van der Waals surface area contributed by atoms with E-state index in [9.17, 15) is 53.1 Å². The molecular weight excluding hydrogens is 1190 g/mol. The number of alkyl carbamates (subject to hydrolysis) is 1. The van der Waals surface area contributed by atoms with Crippen molar-refractivity contribution >= 4 is 82.0 Å². The third-order valence-electron chi connectivity index (χ3n) is 17.8. The van der Waals surface area contributed by atoms with Gasteiger partial charge >= 0.3 is 12.1 Å². The number of aliphatic carboxylic acids is 1. The Morgan fingerprint density at radius 2 is 1.48 bits per heavy atom. The van der Waals surface area contributed by atoms with E-state index in [1.807, 2.05) is 91.1 Å². The van der Waals surface area contributed by atoms with E-state index in [-0.39, 0.29) is 117 Å². The number of piperidine rings is 1. The van der Waals surface area contributed by atoms with Crippen molar-refractivity contribution in [2.75, 3.05) is 39.0 Å². The largest absolute Gasteiger partial charge is 0.481 e. The van der Waals surface area contributed by atoms with Crippen LogP contribution in [0.5, 0.6) is 0 Å². The summed E-state index contributed by atoms with van der Waals surface area (Å²) in [4.78, 5) is 156. The van der Waals surface area contributed by atoms with E-state index in [0.29, 0.717) is 68.5 Å². The topological polar surface area (TPSA) is 314 Å². The van der Waals surface area contributed by atoms with Crippen LogP contribution in [0.3, 0.4) is 0 Å². The summed E-state index contributed by atoms with van der Waals surface area (Å²) in [6.07, 6.45) is 7.71. The number of hydrogen-bond donors (Lipinski definition) is 6. The second kappa shape index (κ2) is 37.8. The first-order valence-corrected chi connectivity index (χ1v) is 33.7. The van der Waals surface area contributed by atoms with E-state index in [2.05, 4.69) is 26.2 Å². The molecule has 22 nitrogen and oxygen atoms in total. The molecule has 23 heteroatoms. The zero-order chi connectivity index (χ0) is 67.6. The number of likely N-dealkylation sites (tertiary alicyclic amines) is 1. The lowest BCUT2D eigenvalue weighted by Gasteiger charge is -2.40. The highest BCUT2D eigenvalue weighted by molar-refractivity contribution is 7.09. The number of carbonyl (C=O) groups excluding carboxylic acids is 10. The van der Waals surface area contributed by atoms with Gasteiger partial charge in [0.05, 0.1) is 12.0 Å². The molecule has 3 aromatic rings. The number of imide groups is 1. The van der Waals surface area contributed by atoms with E-state index >= 15 is 4.79 Å². The number of unbranched alkanes of at least 4 members (excludes halogenated alkanes) is 3. The lowest BCUT2D eigenvalue weighted by molar-refractivity contribution is -0.144. The molecule has 0 radical (unpaired) electrons. The number of carbonyl (C=O) groups is 11. The minimum Gasteiger partial charge on any atom is -0.481 e. The van der Waals surface area contributed by atoms with E-state index in [1.165, 1.54) is 19.2 Å². The molecule has 92 heavy (non-hydrogen) atoms. The molecule has 0 spiro atoms. The summed E-state index contributed by atoms with van der Waals surface area (Å²) in [5.41, 5.74) is 7.60. The predicted octanol–water partition coefficient (Wildman–Crippen LogP) is 8.77. The maximum Gasteiger partial charge on any atom is 0.407 e. The molecule has 7 N–H and O–H groups in total. The summed E-state index contributed by atoms with van der Waals surface area (Å²) >= 11 is 1.12. The molecule has 0 saturated carbocycles. The average molecular weight is 1290 g/mol. The molecule has 1 fully saturated rings. The molecule has 0 bridgehead atoms. The van der Waals surface area contributed by atoms with Crippen molar-refractivity contribution in [3.63, 3.8) is 0 Å². The van der Waals surface area contributed by atoms with Gasteiger partial charge in [0.1, 0.15) is 22.5 Å². The first-order chi connectivity index (χ1) is 43.8. The van der Waals surface area contributed by atoms with Crippen LogP contribution >= 0.6 is 11.3 Å². The molecule has 0 unspecified atom stereocenters. The number of amides is 8. The standard InChI is InChI=1S/C69H99N9O13S/c1-10-45(6)53(40-58(80)56-25-18-20-34-76(56)9)67(87)77(57(44(4)5)41-59(91-69(90)71-8)66-75-55(42-92-66)65(86)73-50(37-46(7)68(88)89)38-48-21-13-11-14-22-48)36-33-47-27-29-49(30-28-47)72-64(85)54(24-16-17-26-60(70)81)74-63(84)52(43(2)3)39-51(79)23-15-12-19-35-78-61(82)31-32-62(78)83/h11,13-14,21-22,27-32,42-46,50,52-54,56-57,59H,10,12,15-20,23-26,33-41H2,1-9H3,(H2,70,81)(H,71,90)(H,72,85)(H,73,86)(H,74,84)(H,88,89)/t45-,46-,50+,52-,53-,54-,56+,57+,59+/m0/s1. The normalized spacial score (nSPS) is 16.8. The summed E-state index contributed by atoms with van der Waals surface area (Å²) in [7, 11) is 3.37. The van der Waals surface area contributed by atoms with Gasteiger partial charge in [0.25, 0.3) is 17.7 Å². The van der Waals surface area contributed by atoms with Crippen LogP contribution in [-0.2, 0) is 60.7 Å². The van der Waals surface area contributed by atoms with Crippen LogP contribution in [0.25, 0.3) is 0 Å². The fraction of sp³-hybridized carbons (Fsp3) is 0.594. The summed E-state index contributed by atoms with van der Waals surface area (Å²) < 4.78 is 6.07. The van der Waals surface area contributed by atoms with Gasteiger partial charge in [-0.2, -0.15) is 0 Å². The molecule has 2 aliphatic rings. The Morgan fingerprint density at radius 3 is 2.10 bits per heavy atom. The van der Waals surface area contributed by atoms with Crippen LogP contribution in [0.15, 0.2) is 72.1 Å². The minimum atomic E-state index is -1.05. The second-order valence-electron chi connectivity index (χ2n) is 25.6. The highest BCUT2D eigenvalue weighted by Crippen LogP contribution is 2.34. The van der Waals surface area contributed by atoms with E-state index in [0.717, 1.165) is 46.7 Å². The molecule has 0 aliphatic carbocycles. The fourth-order valence-corrected chi connectivity index (χ4v) is 12.8. The van der Waals surface area contributed by atoms with Crippen molar-refractivity contribution in [1.29, 1.82) is 0 Å². The summed E-state index contributed by atoms with van der Waals surface area (Å²) in [6.45, 7) is 14.4. The maximum atomic E-state index is 15.6. The number of hydrogen-bond acceptors (Lipinski definition) is 15. The van der Waals surface area contributed by atoms with Crippen LogP contribution in [0.4, 0.5) is 10.5 Å². The van der Waals surface area contributed by atoms with E-state index < -0.39 is 77.7 Å². The number of anilines is 1. The Labute approximate surface area is 546 Å². The SMILES string of the molecule is CC[C@H](C)[C@H](CC(=O)[C@H]1CCCCN1C)C(=O)N(CCc1ccc(NC(=O)[C@H](CCCCC(N)=O)NC(=O)[C@@H](CC(=O)CCCCCN2C(=O)C=CC2=O)C(C)C)cc1)[C@H](C[C@@H](OC(=O)NC)c1nc(C(=O)N[C@@H](Cc2ccccc2)C[C@H](C)C(=O)O)cs1)C(C)C. The van der Waals surface area contributed by atoms with Crippen LogP contribution < -0.4 is 27.0 Å². The first kappa shape index (κ1) is 75.1. The number of Topliss-reactive ketones (excluding diaryl/α,β-unsaturated/α-hetero) is 2. The van der Waals surface area contributed by atoms with E-state index in [1.54, 1.807) is 29.3 Å². The van der Waals surface area contributed by atoms with Gasteiger partial charge in [-0.1, -0.05) is 117 Å². The number of aromatic nitrogens is 1. The van der Waals surface area contributed by atoms with Crippen LogP contribution in [0.1, 0.15) is 184 Å². The smallest absolute Gasteiger partial charge is 0.407 e. The Balaban J connectivity index is 1.38.